The molecule has 8 heteroatoms. The van der Waals surface area contributed by atoms with Gasteiger partial charge in [0.1, 0.15) is 23.0 Å². The molecule has 0 saturated carbocycles. The van der Waals surface area contributed by atoms with Crippen LogP contribution in [-0.4, -0.2) is 47.0 Å². The number of nitrogens with zero attached hydrogens (tertiary/aromatic N) is 3. The number of carbonyl (C=O) groups is 1. The third-order valence-electron chi connectivity index (χ3n) is 6.06. The number of fused-ring (bicyclic) bond motifs is 1. The van der Waals surface area contributed by atoms with Gasteiger partial charge in [0.05, 0.1) is 11.5 Å². The Kier molecular flexibility index (Phi) is 7.43. The summed E-state index contributed by atoms with van der Waals surface area (Å²) in [4.78, 5) is 31.9. The van der Waals surface area contributed by atoms with Crippen LogP contribution in [0.25, 0.3) is 11.0 Å². The van der Waals surface area contributed by atoms with Gasteiger partial charge in [-0.3, -0.25) is 4.79 Å². The number of amides is 1. The predicted molar refractivity (Wildman–Crippen MR) is 131 cm³/mol. The summed E-state index contributed by atoms with van der Waals surface area (Å²) in [6.07, 6.45) is 2.74. The van der Waals surface area contributed by atoms with Gasteiger partial charge >= 0.3 is 5.76 Å². The molecule has 1 amide bonds. The van der Waals surface area contributed by atoms with Crippen LogP contribution in [0.15, 0.2) is 27.4 Å². The van der Waals surface area contributed by atoms with E-state index in [1.54, 1.807) is 6.07 Å². The number of nitrogens with one attached hydrogen (secondary N) is 2. The number of rotatable bonds is 7. The molecule has 0 bridgehead atoms. The lowest BCUT2D eigenvalue weighted by molar-refractivity contribution is -0.124. The Morgan fingerprint density at radius 1 is 1.36 bits per heavy atom. The van der Waals surface area contributed by atoms with Crippen molar-refractivity contribution < 1.29 is 10.6 Å². The fraction of sp³-hybridized carbons (Fsp3) is 0.600. The molecule has 33 heavy (non-hydrogen) atoms. The minimum Gasteiger partial charge on any atom is -0.408 e. The van der Waals surface area contributed by atoms with E-state index in [4.69, 9.17) is 4.42 Å². The summed E-state index contributed by atoms with van der Waals surface area (Å²) < 4.78 is 5.23. The van der Waals surface area contributed by atoms with Gasteiger partial charge in [0.2, 0.25) is 5.91 Å². The molecule has 1 aliphatic rings. The van der Waals surface area contributed by atoms with Crippen molar-refractivity contribution >= 4 is 22.7 Å². The molecule has 1 aromatic heterocycles. The summed E-state index contributed by atoms with van der Waals surface area (Å²) in [5.74, 6) is -0.662. The fourth-order valence-corrected chi connectivity index (χ4v) is 4.35. The van der Waals surface area contributed by atoms with Gasteiger partial charge in [-0.15, -0.1) is 0 Å². The Bertz CT molecular complexity index is 1090. The lowest BCUT2D eigenvalue weighted by atomic mass is 9.85. The highest BCUT2D eigenvalue weighted by molar-refractivity contribution is 5.92. The molecule has 2 aromatic rings. The van der Waals surface area contributed by atoms with Crippen molar-refractivity contribution in [3.05, 3.63) is 34.3 Å². The molecule has 0 radical (unpaired) electrons. The van der Waals surface area contributed by atoms with E-state index in [9.17, 15) is 14.9 Å². The van der Waals surface area contributed by atoms with E-state index in [0.717, 1.165) is 31.6 Å². The van der Waals surface area contributed by atoms with Crippen molar-refractivity contribution in [1.82, 2.24) is 15.2 Å². The molecular weight excluding hydrogens is 418 g/mol. The van der Waals surface area contributed by atoms with Crippen molar-refractivity contribution in [1.29, 1.82) is 5.26 Å². The number of aryl methyl sites for hydroxylation is 1. The molecule has 1 saturated heterocycles. The molecule has 8 nitrogen and oxygen atoms in total. The maximum Gasteiger partial charge on any atom is 0.441 e. The van der Waals surface area contributed by atoms with Gasteiger partial charge in [-0.2, -0.15) is 10.2 Å². The standard InChI is InChI=1S/C25H35N5O3.H2/c1-6-11-30-12-9-25(16-26,10-13-30)29-22(31)19(15-24(3,4)5)27-21-18-14-17(2)7-8-20(18)33-23(32)28-21;/h7-8,14,19H,6,9-13,15H2,1-5H3,(H,29,31)(H,27,28,32);1H/t19-;/m0./s1. The van der Waals surface area contributed by atoms with E-state index in [1.807, 2.05) is 39.8 Å². The van der Waals surface area contributed by atoms with Crippen molar-refractivity contribution in [3.8, 4) is 6.07 Å². The largest absolute Gasteiger partial charge is 0.441 e. The lowest BCUT2D eigenvalue weighted by Crippen LogP contribution is -2.57. The van der Waals surface area contributed by atoms with E-state index in [-0.39, 0.29) is 12.7 Å². The molecule has 0 spiro atoms. The van der Waals surface area contributed by atoms with E-state index >= 15 is 0 Å². The second kappa shape index (κ2) is 9.92. The summed E-state index contributed by atoms with van der Waals surface area (Å²) in [7, 11) is 0. The van der Waals surface area contributed by atoms with Crippen molar-refractivity contribution in [3.63, 3.8) is 0 Å². The van der Waals surface area contributed by atoms with Crippen molar-refractivity contribution in [2.24, 2.45) is 5.41 Å². The van der Waals surface area contributed by atoms with Crippen LogP contribution in [0, 0.1) is 23.7 Å². The maximum absolute atomic E-state index is 13.5. The molecular formula is C25H37N5O3. The zero-order chi connectivity index (χ0) is 24.2. The number of anilines is 1. The van der Waals surface area contributed by atoms with Crippen LogP contribution in [0.4, 0.5) is 5.82 Å². The normalized spacial score (nSPS) is 17.3. The van der Waals surface area contributed by atoms with E-state index in [1.165, 1.54) is 0 Å². The molecule has 1 aliphatic heterocycles. The van der Waals surface area contributed by atoms with Gasteiger partial charge in [-0.25, -0.2) is 4.79 Å². The molecule has 1 atom stereocenters. The molecule has 2 heterocycles. The Morgan fingerprint density at radius 2 is 2.06 bits per heavy atom. The smallest absolute Gasteiger partial charge is 0.408 e. The average Bonchev–Trinajstić information content (AvgIpc) is 2.74. The third-order valence-corrected chi connectivity index (χ3v) is 6.06. The number of likely N-dealkylation sites (tertiary alicyclic amines) is 1. The highest BCUT2D eigenvalue weighted by atomic mass is 16.4. The Hall–Kier alpha value is -2.92. The van der Waals surface area contributed by atoms with E-state index in [0.29, 0.717) is 36.0 Å². The fourth-order valence-electron chi connectivity index (χ4n) is 4.35. The first kappa shape index (κ1) is 24.7. The first-order valence-electron chi connectivity index (χ1n) is 11.7. The average molecular weight is 456 g/mol. The topological polar surface area (TPSA) is 111 Å². The van der Waals surface area contributed by atoms with Crippen molar-refractivity contribution in [2.45, 2.75) is 71.9 Å². The monoisotopic (exact) mass is 455 g/mol. The van der Waals surface area contributed by atoms with E-state index < -0.39 is 17.3 Å². The van der Waals surface area contributed by atoms with Gasteiger partial charge in [0, 0.05) is 14.5 Å². The number of hydrogen-bond acceptors (Lipinski definition) is 7. The Morgan fingerprint density at radius 3 is 2.67 bits per heavy atom. The van der Waals surface area contributed by atoms with Crippen LogP contribution in [0.1, 0.15) is 60.4 Å². The molecule has 1 aromatic carbocycles. The summed E-state index contributed by atoms with van der Waals surface area (Å²) in [6, 6.07) is 7.17. The third kappa shape index (κ3) is 6.32. The quantitative estimate of drug-likeness (QED) is 0.652. The Balaban J connectivity index is 0.00000408. The van der Waals surface area contributed by atoms with Crippen LogP contribution in [0.3, 0.4) is 0 Å². The lowest BCUT2D eigenvalue weighted by Gasteiger charge is -2.39. The predicted octanol–water partition coefficient (Wildman–Crippen LogP) is 3.84. The number of carbonyl (C=O) groups excluding carboxylic acids is 1. The van der Waals surface area contributed by atoms with Gasteiger partial charge in [0.25, 0.3) is 0 Å². The summed E-state index contributed by atoms with van der Waals surface area (Å²) in [6.45, 7) is 12.8. The van der Waals surface area contributed by atoms with Crippen LogP contribution >= 0.6 is 0 Å². The van der Waals surface area contributed by atoms with Gasteiger partial charge < -0.3 is 20.0 Å². The van der Waals surface area contributed by atoms with Gasteiger partial charge in [0.15, 0.2) is 0 Å². The second-order valence-electron chi connectivity index (χ2n) is 10.3. The number of piperidine rings is 1. The summed E-state index contributed by atoms with van der Waals surface area (Å²) in [5, 5.41) is 16.8. The van der Waals surface area contributed by atoms with Crippen LogP contribution in [0.2, 0.25) is 0 Å². The number of hydrogen-bond donors (Lipinski definition) is 2. The van der Waals surface area contributed by atoms with Gasteiger partial charge in [-0.05, 0) is 56.7 Å². The van der Waals surface area contributed by atoms with Crippen LogP contribution < -0.4 is 16.4 Å². The molecule has 3 rings (SSSR count). The van der Waals surface area contributed by atoms with Crippen LogP contribution in [0.5, 0.6) is 0 Å². The Labute approximate surface area is 196 Å². The number of aromatic nitrogens is 1. The first-order valence-corrected chi connectivity index (χ1v) is 11.7. The van der Waals surface area contributed by atoms with Gasteiger partial charge in [-0.1, -0.05) is 39.3 Å². The summed E-state index contributed by atoms with van der Waals surface area (Å²) in [5.41, 5.74) is 0.334. The molecule has 180 valence electrons. The zero-order valence-electron chi connectivity index (χ0n) is 20.3. The van der Waals surface area contributed by atoms with E-state index in [2.05, 4.69) is 33.5 Å². The highest BCUT2D eigenvalue weighted by Crippen LogP contribution is 2.28. The minimum absolute atomic E-state index is 0. The first-order chi connectivity index (χ1) is 15.5. The summed E-state index contributed by atoms with van der Waals surface area (Å²) >= 11 is 0. The number of benzene rings is 1. The number of nitriles is 1. The molecule has 2 N–H and O–H groups in total. The SMILES string of the molecule is CCCN1CCC(C#N)(NC(=O)[C@H](CC(C)(C)C)Nc2nc(=O)oc3ccc(C)cc23)CC1.[HH]. The highest BCUT2D eigenvalue weighted by Gasteiger charge is 2.38. The van der Waals surface area contributed by atoms with Crippen molar-refractivity contribution in [2.75, 3.05) is 25.0 Å². The maximum atomic E-state index is 13.5. The van der Waals surface area contributed by atoms with Crippen LogP contribution in [-0.2, 0) is 4.79 Å². The molecule has 0 unspecified atom stereocenters. The zero-order valence-corrected chi connectivity index (χ0v) is 20.3. The minimum atomic E-state index is -0.888. The molecule has 1 fully saturated rings. The molecule has 0 aliphatic carbocycles. The second-order valence-corrected chi connectivity index (χ2v) is 10.3.